The van der Waals surface area contributed by atoms with Gasteiger partial charge in [-0.1, -0.05) is 23.4 Å². The minimum Gasteiger partial charge on any atom is -0.374 e. The molecular weight excluding hydrogens is 493 g/mol. The molecule has 11 heteroatoms. The fraction of sp³-hybridized carbons (Fsp3) is 0.240. The number of aromatic nitrogens is 1. The van der Waals surface area contributed by atoms with Gasteiger partial charge in [0, 0.05) is 53.7 Å². The molecule has 36 heavy (non-hydrogen) atoms. The maximum absolute atomic E-state index is 14.3. The SMILES string of the molecule is C#CCCC(=O)c1ccc(C2=NOC(c3ccc(F)c(C(F)(F)F)c3)(C(F)(F)F)C2)c2ccncc12. The summed E-state index contributed by atoms with van der Waals surface area (Å²) in [7, 11) is 0. The first-order valence-corrected chi connectivity index (χ1v) is 10.4. The molecule has 0 N–H and O–H groups in total. The van der Waals surface area contributed by atoms with Crippen LogP contribution in [0.4, 0.5) is 30.7 Å². The van der Waals surface area contributed by atoms with Crippen molar-refractivity contribution >= 4 is 22.3 Å². The van der Waals surface area contributed by atoms with E-state index >= 15 is 0 Å². The second-order valence-corrected chi connectivity index (χ2v) is 8.03. The molecule has 0 radical (unpaired) electrons. The fourth-order valence-corrected chi connectivity index (χ4v) is 4.05. The van der Waals surface area contributed by atoms with Crippen LogP contribution in [0.25, 0.3) is 10.8 Å². The molecule has 0 amide bonds. The number of carbonyl (C=O) groups is 1. The zero-order valence-electron chi connectivity index (χ0n) is 18.2. The molecule has 2 aromatic carbocycles. The zero-order valence-corrected chi connectivity index (χ0v) is 18.2. The number of carbonyl (C=O) groups excluding carboxylic acids is 1. The number of hydrogen-bond acceptors (Lipinski definition) is 4. The van der Waals surface area contributed by atoms with Crippen molar-refractivity contribution in [2.75, 3.05) is 0 Å². The fourth-order valence-electron chi connectivity index (χ4n) is 4.05. The van der Waals surface area contributed by atoms with Crippen molar-refractivity contribution < 1.29 is 40.4 Å². The quantitative estimate of drug-likeness (QED) is 0.223. The Balaban J connectivity index is 1.80. The van der Waals surface area contributed by atoms with Gasteiger partial charge in [0.05, 0.1) is 11.3 Å². The first-order valence-electron chi connectivity index (χ1n) is 10.4. The lowest BCUT2D eigenvalue weighted by molar-refractivity contribution is -0.276. The largest absolute Gasteiger partial charge is 0.435 e. The molecule has 4 nitrogen and oxygen atoms in total. The molecule has 3 aromatic rings. The van der Waals surface area contributed by atoms with E-state index in [1.54, 1.807) is 0 Å². The number of halogens is 7. The van der Waals surface area contributed by atoms with Crippen LogP contribution in [0.5, 0.6) is 0 Å². The lowest BCUT2D eigenvalue weighted by Crippen LogP contribution is -2.43. The summed E-state index contributed by atoms with van der Waals surface area (Å²) in [6, 6.07) is 5.23. The normalized spacial score (nSPS) is 18.0. The van der Waals surface area contributed by atoms with Crippen molar-refractivity contribution in [3.05, 3.63) is 76.9 Å². The van der Waals surface area contributed by atoms with Gasteiger partial charge in [-0.25, -0.2) is 4.39 Å². The van der Waals surface area contributed by atoms with Gasteiger partial charge in [-0.15, -0.1) is 12.3 Å². The van der Waals surface area contributed by atoms with Gasteiger partial charge in [0.15, 0.2) is 5.78 Å². The molecular formula is C25H15F7N2O2. The topological polar surface area (TPSA) is 51.5 Å². The summed E-state index contributed by atoms with van der Waals surface area (Å²) >= 11 is 0. The van der Waals surface area contributed by atoms with Gasteiger partial charge in [0.1, 0.15) is 5.82 Å². The predicted octanol–water partition coefficient (Wildman–Crippen LogP) is 6.57. The monoisotopic (exact) mass is 508 g/mol. The van der Waals surface area contributed by atoms with Gasteiger partial charge in [0.25, 0.3) is 5.60 Å². The molecule has 0 fully saturated rings. The van der Waals surface area contributed by atoms with Crippen LogP contribution in [0.15, 0.2) is 53.9 Å². The van der Waals surface area contributed by atoms with Crippen molar-refractivity contribution in [3.63, 3.8) is 0 Å². The minimum atomic E-state index is -5.22. The van der Waals surface area contributed by atoms with Crippen molar-refractivity contribution in [1.29, 1.82) is 0 Å². The number of terminal acetylenes is 1. The number of oxime groups is 1. The molecule has 0 saturated heterocycles. The number of pyridine rings is 1. The van der Waals surface area contributed by atoms with Crippen LogP contribution in [0, 0.1) is 18.2 Å². The Labute approximate surface area is 199 Å². The summed E-state index contributed by atoms with van der Waals surface area (Å²) in [5.74, 6) is 0.345. The van der Waals surface area contributed by atoms with E-state index in [1.807, 2.05) is 0 Å². The third-order valence-corrected chi connectivity index (χ3v) is 5.85. The summed E-state index contributed by atoms with van der Waals surface area (Å²) < 4.78 is 96.2. The lowest BCUT2D eigenvalue weighted by Gasteiger charge is -2.30. The van der Waals surface area contributed by atoms with Crippen LogP contribution < -0.4 is 0 Å². The van der Waals surface area contributed by atoms with Gasteiger partial charge >= 0.3 is 12.4 Å². The van der Waals surface area contributed by atoms with Crippen LogP contribution in [-0.2, 0) is 16.6 Å². The van der Waals surface area contributed by atoms with Gasteiger partial charge in [-0.3, -0.25) is 9.78 Å². The maximum Gasteiger partial charge on any atom is 0.435 e. The Morgan fingerprint density at radius 2 is 1.83 bits per heavy atom. The van der Waals surface area contributed by atoms with Crippen molar-refractivity contribution in [2.24, 2.45) is 5.16 Å². The van der Waals surface area contributed by atoms with E-state index in [4.69, 9.17) is 11.3 Å². The Kier molecular flexibility index (Phi) is 6.24. The van der Waals surface area contributed by atoms with E-state index in [1.165, 1.54) is 30.6 Å². The Bertz CT molecular complexity index is 1420. The first kappa shape index (κ1) is 25.2. The highest BCUT2D eigenvalue weighted by atomic mass is 19.4. The smallest absolute Gasteiger partial charge is 0.374 e. The number of rotatable bonds is 5. The molecule has 186 valence electrons. The highest BCUT2D eigenvalue weighted by molar-refractivity contribution is 6.16. The number of Topliss-reactive ketones (excluding diaryl/α,β-unsaturated/α-hetero) is 1. The standard InChI is InChI=1S/C25H15F7N2O2/c1-2-3-4-22(35)17-7-6-16(15-9-10-33-13-18(15)17)21-12-23(36-34-21,25(30,31)32)14-5-8-20(26)19(11-14)24(27,28)29/h1,5-11,13H,3-4,12H2. The lowest BCUT2D eigenvalue weighted by atomic mass is 9.84. The third kappa shape index (κ3) is 4.27. The maximum atomic E-state index is 14.3. The molecule has 0 aliphatic carbocycles. The van der Waals surface area contributed by atoms with Crippen LogP contribution in [0.2, 0.25) is 0 Å². The number of ketones is 1. The highest BCUT2D eigenvalue weighted by Gasteiger charge is 2.62. The summed E-state index contributed by atoms with van der Waals surface area (Å²) in [5, 5.41) is 4.26. The van der Waals surface area contributed by atoms with E-state index < -0.39 is 41.3 Å². The van der Waals surface area contributed by atoms with Gasteiger partial charge in [0.2, 0.25) is 0 Å². The van der Waals surface area contributed by atoms with Crippen molar-refractivity contribution in [2.45, 2.75) is 37.2 Å². The Morgan fingerprint density at radius 3 is 2.50 bits per heavy atom. The Morgan fingerprint density at radius 1 is 1.08 bits per heavy atom. The second-order valence-electron chi connectivity index (χ2n) is 8.03. The summed E-state index contributed by atoms with van der Waals surface area (Å²) in [5.41, 5.74) is -5.88. The van der Waals surface area contributed by atoms with Gasteiger partial charge in [-0.2, -0.15) is 26.3 Å². The molecule has 1 atom stereocenters. The summed E-state index contributed by atoms with van der Waals surface area (Å²) in [6.45, 7) is 0. The van der Waals surface area contributed by atoms with E-state index in [0.717, 1.165) is 0 Å². The van der Waals surface area contributed by atoms with E-state index in [9.17, 15) is 35.5 Å². The molecule has 0 bridgehead atoms. The number of alkyl halides is 6. The molecule has 1 aromatic heterocycles. The zero-order chi connectivity index (χ0) is 26.3. The number of benzene rings is 2. The number of fused-ring (bicyclic) bond motifs is 1. The minimum absolute atomic E-state index is 0.0488. The van der Waals surface area contributed by atoms with Crippen molar-refractivity contribution in [1.82, 2.24) is 4.98 Å². The molecule has 1 aliphatic rings. The summed E-state index contributed by atoms with van der Waals surface area (Å²) in [4.78, 5) is 21.3. The average molecular weight is 508 g/mol. The van der Waals surface area contributed by atoms with E-state index in [2.05, 4.69) is 16.1 Å². The van der Waals surface area contributed by atoms with Gasteiger partial charge in [-0.05, 0) is 23.6 Å². The van der Waals surface area contributed by atoms with Crippen LogP contribution in [0.3, 0.4) is 0 Å². The molecule has 0 spiro atoms. The molecule has 1 aliphatic heterocycles. The molecule has 2 heterocycles. The van der Waals surface area contributed by atoms with Crippen molar-refractivity contribution in [3.8, 4) is 12.3 Å². The summed E-state index contributed by atoms with van der Waals surface area (Å²) in [6.07, 6.45) is -3.24. The molecule has 0 saturated carbocycles. The van der Waals surface area contributed by atoms with Crippen LogP contribution in [0.1, 0.15) is 46.3 Å². The number of nitrogens with zero attached hydrogens (tertiary/aromatic N) is 2. The van der Waals surface area contributed by atoms with Crippen LogP contribution in [-0.4, -0.2) is 22.7 Å². The third-order valence-electron chi connectivity index (χ3n) is 5.85. The predicted molar refractivity (Wildman–Crippen MR) is 116 cm³/mol. The second kappa shape index (κ2) is 8.93. The van der Waals surface area contributed by atoms with E-state index in [0.29, 0.717) is 22.9 Å². The average Bonchev–Trinajstić information content (AvgIpc) is 3.28. The molecule has 4 rings (SSSR count). The first-order chi connectivity index (χ1) is 16.9. The van der Waals surface area contributed by atoms with E-state index in [-0.39, 0.29) is 41.5 Å². The highest BCUT2D eigenvalue weighted by Crippen LogP contribution is 2.50. The Hall–Kier alpha value is -3.94. The van der Waals surface area contributed by atoms with Gasteiger partial charge < -0.3 is 4.84 Å². The van der Waals surface area contributed by atoms with Crippen LogP contribution >= 0.6 is 0 Å². The number of hydrogen-bond donors (Lipinski definition) is 0. The molecule has 1 unspecified atom stereocenters.